The molecule has 0 spiro atoms. The largest absolute Gasteiger partial charge is 0.507 e. The molecule has 0 unspecified atom stereocenters. The third-order valence-electron chi connectivity index (χ3n) is 3.43. The summed E-state index contributed by atoms with van der Waals surface area (Å²) in [6.07, 6.45) is 0.132. The van der Waals surface area contributed by atoms with Crippen LogP contribution in [0.1, 0.15) is 31.8 Å². The number of phenolic OH excluding ortho intramolecular Hbond substituents is 2. The number of esters is 2. The van der Waals surface area contributed by atoms with Gasteiger partial charge in [0.15, 0.2) is 0 Å². The summed E-state index contributed by atoms with van der Waals surface area (Å²) >= 11 is 0. The average Bonchev–Trinajstić information content (AvgIpc) is 2.57. The van der Waals surface area contributed by atoms with Crippen LogP contribution in [0.4, 0.5) is 0 Å². The van der Waals surface area contributed by atoms with E-state index in [0.717, 1.165) is 0 Å². The Morgan fingerprint density at radius 3 is 1.57 bits per heavy atom. The van der Waals surface area contributed by atoms with Crippen molar-refractivity contribution in [3.63, 3.8) is 0 Å². The van der Waals surface area contributed by atoms with E-state index >= 15 is 0 Å². The molecule has 23 heavy (non-hydrogen) atoms. The van der Waals surface area contributed by atoms with E-state index in [2.05, 4.69) is 9.47 Å². The minimum Gasteiger partial charge on any atom is -0.507 e. The number of para-hydroxylation sites is 2. The topological polar surface area (TPSA) is 93.1 Å². The zero-order chi connectivity index (χ0) is 17.0. The summed E-state index contributed by atoms with van der Waals surface area (Å²) in [5.41, 5.74) is 0.914. The average molecular weight is 316 g/mol. The first-order chi connectivity index (χ1) is 11.0. The molecule has 120 valence electrons. The number of carbonyl (C=O) groups excluding carboxylic acids is 2. The van der Waals surface area contributed by atoms with E-state index in [4.69, 9.17) is 0 Å². The van der Waals surface area contributed by atoms with Gasteiger partial charge >= 0.3 is 11.9 Å². The molecule has 2 rings (SSSR count). The highest BCUT2D eigenvalue weighted by Crippen LogP contribution is 2.30. The van der Waals surface area contributed by atoms with Crippen LogP contribution in [0.15, 0.2) is 36.4 Å². The maximum Gasteiger partial charge on any atom is 0.341 e. The zero-order valence-electron chi connectivity index (χ0n) is 12.7. The third kappa shape index (κ3) is 3.26. The first kappa shape index (κ1) is 16.4. The first-order valence-corrected chi connectivity index (χ1v) is 6.78. The molecule has 0 amide bonds. The number of ether oxygens (including phenoxy) is 2. The highest BCUT2D eigenvalue weighted by Gasteiger charge is 2.18. The molecule has 0 heterocycles. The predicted octanol–water partition coefficient (Wildman–Crippen LogP) is 2.26. The lowest BCUT2D eigenvalue weighted by atomic mass is 9.98. The zero-order valence-corrected chi connectivity index (χ0v) is 12.7. The van der Waals surface area contributed by atoms with Crippen LogP contribution >= 0.6 is 0 Å². The van der Waals surface area contributed by atoms with Crippen molar-refractivity contribution < 1.29 is 29.3 Å². The summed E-state index contributed by atoms with van der Waals surface area (Å²) in [6, 6.07) is 9.31. The Bertz CT molecular complexity index is 687. The number of rotatable bonds is 4. The molecule has 0 fully saturated rings. The first-order valence-electron chi connectivity index (χ1n) is 6.78. The summed E-state index contributed by atoms with van der Waals surface area (Å²) in [7, 11) is 2.44. The van der Waals surface area contributed by atoms with Gasteiger partial charge in [0.2, 0.25) is 0 Å². The van der Waals surface area contributed by atoms with Crippen molar-refractivity contribution in [2.75, 3.05) is 14.2 Å². The Labute approximate surface area is 132 Å². The molecule has 0 aliphatic heterocycles. The number of phenols is 2. The lowest BCUT2D eigenvalue weighted by Gasteiger charge is -2.11. The molecule has 2 aromatic carbocycles. The molecule has 0 aliphatic rings. The van der Waals surface area contributed by atoms with Gasteiger partial charge in [-0.25, -0.2) is 9.59 Å². The second kappa shape index (κ2) is 6.83. The van der Waals surface area contributed by atoms with E-state index in [-0.39, 0.29) is 29.0 Å². The van der Waals surface area contributed by atoms with Gasteiger partial charge in [-0.2, -0.15) is 0 Å². The molecule has 0 aliphatic carbocycles. The van der Waals surface area contributed by atoms with Crippen molar-refractivity contribution in [3.05, 3.63) is 58.7 Å². The van der Waals surface area contributed by atoms with Crippen molar-refractivity contribution in [1.29, 1.82) is 0 Å². The molecule has 0 bridgehead atoms. The van der Waals surface area contributed by atoms with Crippen LogP contribution in [-0.4, -0.2) is 36.4 Å². The van der Waals surface area contributed by atoms with Crippen molar-refractivity contribution in [2.24, 2.45) is 0 Å². The van der Waals surface area contributed by atoms with Gasteiger partial charge in [0, 0.05) is 6.42 Å². The molecular formula is C17H16O6. The number of hydrogen-bond acceptors (Lipinski definition) is 6. The Balaban J connectivity index is 2.41. The van der Waals surface area contributed by atoms with Crippen molar-refractivity contribution in [1.82, 2.24) is 0 Å². The summed E-state index contributed by atoms with van der Waals surface area (Å²) in [6.45, 7) is 0. The Hall–Kier alpha value is -3.02. The predicted molar refractivity (Wildman–Crippen MR) is 81.7 cm³/mol. The van der Waals surface area contributed by atoms with Gasteiger partial charge in [-0.3, -0.25) is 0 Å². The second-order valence-corrected chi connectivity index (χ2v) is 4.79. The minimum absolute atomic E-state index is 0.0358. The van der Waals surface area contributed by atoms with E-state index < -0.39 is 11.9 Å². The second-order valence-electron chi connectivity index (χ2n) is 4.79. The number of hydrogen-bond donors (Lipinski definition) is 2. The lowest BCUT2D eigenvalue weighted by molar-refractivity contribution is 0.0588. The smallest absolute Gasteiger partial charge is 0.341 e. The lowest BCUT2D eigenvalue weighted by Crippen LogP contribution is -2.05. The van der Waals surface area contributed by atoms with Gasteiger partial charge in [-0.1, -0.05) is 24.3 Å². The minimum atomic E-state index is -0.656. The molecule has 2 aromatic rings. The highest BCUT2D eigenvalue weighted by atomic mass is 16.5. The third-order valence-corrected chi connectivity index (χ3v) is 3.43. The summed E-state index contributed by atoms with van der Waals surface area (Å²) in [4.78, 5) is 23.2. The fourth-order valence-corrected chi connectivity index (χ4v) is 2.22. The van der Waals surface area contributed by atoms with Gasteiger partial charge in [0.25, 0.3) is 0 Å². The van der Waals surface area contributed by atoms with Crippen molar-refractivity contribution >= 4 is 11.9 Å². The summed E-state index contributed by atoms with van der Waals surface area (Å²) in [5.74, 6) is -1.75. The molecule has 0 saturated carbocycles. The molecule has 0 aromatic heterocycles. The van der Waals surface area contributed by atoms with Crippen LogP contribution in [-0.2, 0) is 15.9 Å². The highest BCUT2D eigenvalue weighted by molar-refractivity contribution is 5.93. The maximum absolute atomic E-state index is 11.6. The van der Waals surface area contributed by atoms with Crippen molar-refractivity contribution in [3.8, 4) is 11.5 Å². The van der Waals surface area contributed by atoms with Crippen LogP contribution in [0.5, 0.6) is 11.5 Å². The number of aromatic hydroxyl groups is 2. The Morgan fingerprint density at radius 2 is 1.22 bits per heavy atom. The fraction of sp³-hybridized carbons (Fsp3) is 0.176. The van der Waals surface area contributed by atoms with Crippen LogP contribution in [0, 0.1) is 0 Å². The van der Waals surface area contributed by atoms with Crippen LogP contribution in [0.2, 0.25) is 0 Å². The monoisotopic (exact) mass is 316 g/mol. The van der Waals surface area contributed by atoms with Crippen LogP contribution < -0.4 is 0 Å². The molecule has 0 radical (unpaired) electrons. The molecule has 0 saturated heterocycles. The van der Waals surface area contributed by atoms with Gasteiger partial charge in [0.1, 0.15) is 22.6 Å². The number of carbonyl (C=O) groups is 2. The van der Waals surface area contributed by atoms with Gasteiger partial charge in [-0.05, 0) is 23.3 Å². The van der Waals surface area contributed by atoms with E-state index in [1.165, 1.54) is 26.4 Å². The SMILES string of the molecule is COC(=O)c1cccc(Cc2cccc(C(=O)OC)c2O)c1O. The molecule has 6 heteroatoms. The van der Waals surface area contributed by atoms with E-state index in [9.17, 15) is 19.8 Å². The van der Waals surface area contributed by atoms with Gasteiger partial charge in [0.05, 0.1) is 14.2 Å². The Morgan fingerprint density at radius 1 is 0.826 bits per heavy atom. The standard InChI is InChI=1S/C17H16O6/c1-22-16(20)12-7-3-5-10(14(12)18)9-11-6-4-8-13(15(11)19)17(21)23-2/h3-8,18-19H,9H2,1-2H3. The van der Waals surface area contributed by atoms with E-state index in [1.54, 1.807) is 24.3 Å². The van der Waals surface area contributed by atoms with E-state index in [1.807, 2.05) is 0 Å². The van der Waals surface area contributed by atoms with E-state index in [0.29, 0.717) is 11.1 Å². The molecule has 2 N–H and O–H groups in total. The van der Waals surface area contributed by atoms with Gasteiger partial charge < -0.3 is 19.7 Å². The number of methoxy groups -OCH3 is 2. The number of benzene rings is 2. The Kier molecular flexibility index (Phi) is 4.85. The molecule has 6 nitrogen and oxygen atoms in total. The maximum atomic E-state index is 11.6. The quantitative estimate of drug-likeness (QED) is 0.841. The summed E-state index contributed by atoms with van der Waals surface area (Å²) < 4.78 is 9.20. The van der Waals surface area contributed by atoms with Crippen LogP contribution in [0.3, 0.4) is 0 Å². The summed E-state index contributed by atoms with van der Waals surface area (Å²) in [5, 5.41) is 20.4. The van der Waals surface area contributed by atoms with Crippen molar-refractivity contribution in [2.45, 2.75) is 6.42 Å². The fourth-order valence-electron chi connectivity index (χ4n) is 2.22. The molecular weight excluding hydrogens is 300 g/mol. The normalized spacial score (nSPS) is 10.2. The van der Waals surface area contributed by atoms with Crippen LogP contribution in [0.25, 0.3) is 0 Å². The van der Waals surface area contributed by atoms with Gasteiger partial charge in [-0.15, -0.1) is 0 Å². The molecule has 0 atom stereocenters.